The van der Waals surface area contributed by atoms with Crippen LogP contribution in [0.25, 0.3) is 11.0 Å². The van der Waals surface area contributed by atoms with Gasteiger partial charge >= 0.3 is 0 Å². The first kappa shape index (κ1) is 20.1. The zero-order valence-electron chi connectivity index (χ0n) is 17.0. The maximum atomic E-state index is 12.8. The van der Waals surface area contributed by atoms with Crippen molar-refractivity contribution in [3.63, 3.8) is 0 Å². The largest absolute Gasteiger partial charge is 0.493 e. The minimum atomic E-state index is -3.57. The molecule has 7 nitrogen and oxygen atoms in total. The molecule has 0 unspecified atom stereocenters. The molecule has 3 aromatic rings. The Hall–Kier alpha value is -2.84. The number of piperidine rings is 1. The van der Waals surface area contributed by atoms with Crippen molar-refractivity contribution in [2.45, 2.75) is 24.2 Å². The lowest BCUT2D eigenvalue weighted by molar-refractivity contribution is 0.0662. The molecule has 1 aromatic heterocycles. The number of likely N-dealkylation sites (tertiary alicyclic amines) is 1. The van der Waals surface area contributed by atoms with Crippen LogP contribution in [-0.2, 0) is 16.4 Å². The Balaban J connectivity index is 1.17. The van der Waals surface area contributed by atoms with Crippen LogP contribution in [0.3, 0.4) is 0 Å². The van der Waals surface area contributed by atoms with Crippen LogP contribution in [0, 0.1) is 5.92 Å². The number of sulfonamides is 1. The summed E-state index contributed by atoms with van der Waals surface area (Å²) >= 11 is 0. The first-order valence-corrected chi connectivity index (χ1v) is 12.0. The van der Waals surface area contributed by atoms with Crippen LogP contribution < -0.4 is 9.46 Å². The van der Waals surface area contributed by atoms with Gasteiger partial charge in [0, 0.05) is 31.4 Å². The predicted molar refractivity (Wildman–Crippen MR) is 116 cm³/mol. The van der Waals surface area contributed by atoms with E-state index < -0.39 is 10.0 Å². The lowest BCUT2D eigenvalue weighted by atomic mass is 9.97. The van der Waals surface area contributed by atoms with Gasteiger partial charge in [-0.1, -0.05) is 18.2 Å². The van der Waals surface area contributed by atoms with Crippen LogP contribution in [0.15, 0.2) is 57.8 Å². The summed E-state index contributed by atoms with van der Waals surface area (Å²) in [4.78, 5) is 14.8. The van der Waals surface area contributed by atoms with E-state index in [-0.39, 0.29) is 16.7 Å². The van der Waals surface area contributed by atoms with E-state index in [1.807, 2.05) is 24.3 Å². The monoisotopic (exact) mass is 440 g/mol. The number of nitrogens with one attached hydrogen (secondary N) is 1. The highest BCUT2D eigenvalue weighted by atomic mass is 32.2. The van der Waals surface area contributed by atoms with E-state index in [2.05, 4.69) is 4.72 Å². The molecule has 162 valence electrons. The Morgan fingerprint density at radius 3 is 2.71 bits per heavy atom. The topological polar surface area (TPSA) is 88.9 Å². The van der Waals surface area contributed by atoms with E-state index in [0.717, 1.165) is 36.0 Å². The van der Waals surface area contributed by atoms with Crippen molar-refractivity contribution >= 4 is 26.9 Å². The fourth-order valence-electron chi connectivity index (χ4n) is 4.22. The normalized spacial score (nSPS) is 17.0. The van der Waals surface area contributed by atoms with E-state index >= 15 is 0 Å². The molecular formula is C23H24N2O5S. The van der Waals surface area contributed by atoms with Gasteiger partial charge in [-0.15, -0.1) is 0 Å². The summed E-state index contributed by atoms with van der Waals surface area (Å²) in [6.07, 6.45) is 2.22. The molecule has 8 heteroatoms. The maximum Gasteiger partial charge on any atom is 0.289 e. The summed E-state index contributed by atoms with van der Waals surface area (Å²) in [5, 5.41) is 0.910. The molecule has 0 bridgehead atoms. The fraction of sp³-hybridized carbons (Fsp3) is 0.348. The van der Waals surface area contributed by atoms with E-state index in [4.69, 9.17) is 9.15 Å². The van der Waals surface area contributed by atoms with Gasteiger partial charge in [0.05, 0.1) is 11.5 Å². The van der Waals surface area contributed by atoms with Gasteiger partial charge < -0.3 is 14.1 Å². The summed E-state index contributed by atoms with van der Waals surface area (Å²) in [6.45, 7) is 2.12. The van der Waals surface area contributed by atoms with Gasteiger partial charge in [-0.3, -0.25) is 4.79 Å². The molecule has 1 amide bonds. The number of ether oxygens (including phenoxy) is 1. The first-order valence-electron chi connectivity index (χ1n) is 10.5. The van der Waals surface area contributed by atoms with Crippen LogP contribution in [-0.4, -0.2) is 45.5 Å². The molecule has 1 saturated heterocycles. The summed E-state index contributed by atoms with van der Waals surface area (Å²) in [5.41, 5.74) is 1.63. The molecule has 1 N–H and O–H groups in total. The molecule has 0 atom stereocenters. The summed E-state index contributed by atoms with van der Waals surface area (Å²) < 4.78 is 39.3. The van der Waals surface area contributed by atoms with Gasteiger partial charge in [-0.25, -0.2) is 13.1 Å². The number of carbonyl (C=O) groups is 1. The van der Waals surface area contributed by atoms with Crippen molar-refractivity contribution < 1.29 is 22.4 Å². The van der Waals surface area contributed by atoms with Crippen LogP contribution in [0.1, 0.15) is 29.0 Å². The second-order valence-corrected chi connectivity index (χ2v) is 9.87. The number of para-hydroxylation sites is 1. The van der Waals surface area contributed by atoms with E-state index in [1.54, 1.807) is 29.2 Å². The van der Waals surface area contributed by atoms with Crippen molar-refractivity contribution in [2.24, 2.45) is 5.92 Å². The highest BCUT2D eigenvalue weighted by Crippen LogP contribution is 2.28. The highest BCUT2D eigenvalue weighted by molar-refractivity contribution is 7.89. The van der Waals surface area contributed by atoms with Gasteiger partial charge in [0.25, 0.3) is 5.91 Å². The van der Waals surface area contributed by atoms with E-state index in [1.165, 1.54) is 0 Å². The molecule has 2 aliphatic rings. The molecule has 1 fully saturated rings. The molecule has 3 heterocycles. The number of benzene rings is 2. The lowest BCUT2D eigenvalue weighted by Gasteiger charge is -2.31. The van der Waals surface area contributed by atoms with Crippen molar-refractivity contribution in [2.75, 3.05) is 26.2 Å². The number of amides is 1. The number of hydrogen-bond donors (Lipinski definition) is 1. The van der Waals surface area contributed by atoms with Gasteiger partial charge in [0.1, 0.15) is 11.3 Å². The smallest absolute Gasteiger partial charge is 0.289 e. The molecular weight excluding hydrogens is 416 g/mol. The average molecular weight is 441 g/mol. The molecule has 0 spiro atoms. The van der Waals surface area contributed by atoms with Gasteiger partial charge in [-0.05, 0) is 54.7 Å². The Kier molecular flexibility index (Phi) is 5.19. The first-order chi connectivity index (χ1) is 15.0. The van der Waals surface area contributed by atoms with Crippen LogP contribution >= 0.6 is 0 Å². The van der Waals surface area contributed by atoms with Crippen molar-refractivity contribution in [3.8, 4) is 5.75 Å². The molecule has 2 aromatic carbocycles. The third-order valence-electron chi connectivity index (χ3n) is 6.07. The van der Waals surface area contributed by atoms with Crippen molar-refractivity contribution in [1.82, 2.24) is 9.62 Å². The zero-order chi connectivity index (χ0) is 21.4. The fourth-order valence-corrected chi connectivity index (χ4v) is 5.39. The van der Waals surface area contributed by atoms with Gasteiger partial charge in [0.15, 0.2) is 5.76 Å². The molecule has 5 rings (SSSR count). The van der Waals surface area contributed by atoms with Crippen LogP contribution in [0.2, 0.25) is 0 Å². The van der Waals surface area contributed by atoms with E-state index in [0.29, 0.717) is 37.6 Å². The minimum Gasteiger partial charge on any atom is -0.493 e. The average Bonchev–Trinajstić information content (AvgIpc) is 3.44. The molecule has 2 aliphatic heterocycles. The van der Waals surface area contributed by atoms with E-state index in [9.17, 15) is 13.2 Å². The maximum absolute atomic E-state index is 12.8. The predicted octanol–water partition coefficient (Wildman–Crippen LogP) is 3.20. The summed E-state index contributed by atoms with van der Waals surface area (Å²) in [7, 11) is -3.57. The van der Waals surface area contributed by atoms with Crippen LogP contribution in [0.5, 0.6) is 5.75 Å². The molecule has 31 heavy (non-hydrogen) atoms. The molecule has 0 aliphatic carbocycles. The van der Waals surface area contributed by atoms with Gasteiger partial charge in [-0.2, -0.15) is 0 Å². The molecule has 0 radical (unpaired) electrons. The lowest BCUT2D eigenvalue weighted by Crippen LogP contribution is -2.41. The van der Waals surface area contributed by atoms with Crippen LogP contribution in [0.4, 0.5) is 0 Å². The third kappa shape index (κ3) is 4.05. The van der Waals surface area contributed by atoms with Crippen molar-refractivity contribution in [3.05, 3.63) is 59.9 Å². The Bertz CT molecular complexity index is 1190. The number of carbonyl (C=O) groups excluding carboxylic acids is 1. The highest BCUT2D eigenvalue weighted by Gasteiger charge is 2.27. The minimum absolute atomic E-state index is 0.115. The number of furan rings is 1. The Morgan fingerprint density at radius 1 is 1.10 bits per heavy atom. The number of fused-ring (bicyclic) bond motifs is 2. The number of rotatable bonds is 5. The molecule has 0 saturated carbocycles. The summed E-state index contributed by atoms with van der Waals surface area (Å²) in [6, 6.07) is 14.3. The second-order valence-electron chi connectivity index (χ2n) is 8.10. The second kappa shape index (κ2) is 8.01. The summed E-state index contributed by atoms with van der Waals surface area (Å²) in [5.74, 6) is 1.18. The number of hydrogen-bond acceptors (Lipinski definition) is 5. The zero-order valence-corrected chi connectivity index (χ0v) is 17.9. The third-order valence-corrected chi connectivity index (χ3v) is 7.49. The quantitative estimate of drug-likeness (QED) is 0.658. The van der Waals surface area contributed by atoms with Crippen molar-refractivity contribution in [1.29, 1.82) is 0 Å². The Morgan fingerprint density at radius 2 is 1.90 bits per heavy atom. The standard InChI is InChI=1S/C23H24N2O5S/c26-23(22-14-17-3-1-2-4-21(17)30-22)25-10-7-16(8-11-25)15-24-31(27,28)19-5-6-20-18(13-19)9-12-29-20/h1-6,13-14,16,24H,7-12,15H2. The number of nitrogens with zero attached hydrogens (tertiary/aromatic N) is 1. The van der Waals surface area contributed by atoms with Gasteiger partial charge in [0.2, 0.25) is 10.0 Å². The Labute approximate surface area is 181 Å². The SMILES string of the molecule is O=C(c1cc2ccccc2o1)N1CCC(CNS(=O)(=O)c2ccc3c(c2)CCO3)CC1.